The first-order valence-corrected chi connectivity index (χ1v) is 19.5. The van der Waals surface area contributed by atoms with Crippen molar-refractivity contribution in [2.24, 2.45) is 0 Å². The summed E-state index contributed by atoms with van der Waals surface area (Å²) in [6.45, 7) is 0.549. The fraction of sp³-hybridized carbons (Fsp3) is 0.130. The first-order chi connectivity index (χ1) is 30.0. The van der Waals surface area contributed by atoms with Gasteiger partial charge >= 0.3 is 0 Å². The summed E-state index contributed by atoms with van der Waals surface area (Å²) in [6, 6.07) is 25.2. The van der Waals surface area contributed by atoms with E-state index in [1.54, 1.807) is 66.7 Å². The van der Waals surface area contributed by atoms with Crippen LogP contribution < -0.4 is 16.2 Å². The van der Waals surface area contributed by atoms with Crippen LogP contribution in [0.3, 0.4) is 0 Å². The lowest BCUT2D eigenvalue weighted by Gasteiger charge is -2.12. The zero-order valence-electron chi connectivity index (χ0n) is 32.5. The van der Waals surface area contributed by atoms with Gasteiger partial charge in [0.15, 0.2) is 0 Å². The van der Waals surface area contributed by atoms with Gasteiger partial charge in [0.2, 0.25) is 11.9 Å². The van der Waals surface area contributed by atoms with Crippen molar-refractivity contribution in [3.05, 3.63) is 170 Å². The van der Waals surface area contributed by atoms with E-state index in [2.05, 4.69) is 54.3 Å². The third-order valence-corrected chi connectivity index (χ3v) is 9.57. The van der Waals surface area contributed by atoms with Crippen molar-refractivity contribution >= 4 is 58.5 Å². The molecule has 4 aromatic carbocycles. The Hall–Kier alpha value is -8.01. The molecule has 0 fully saturated rings. The highest BCUT2D eigenvalue weighted by molar-refractivity contribution is 6.30. The number of aromatic amines is 1. The highest BCUT2D eigenvalue weighted by atomic mass is 35.5. The number of nitrogens with zero attached hydrogens (tertiary/aromatic N) is 5. The van der Waals surface area contributed by atoms with Crippen molar-refractivity contribution in [3.8, 4) is 23.7 Å². The number of imide groups is 2. The molecule has 16 heteroatoms. The third kappa shape index (κ3) is 10.0. The van der Waals surface area contributed by atoms with Crippen LogP contribution >= 0.6 is 11.6 Å². The van der Waals surface area contributed by atoms with Gasteiger partial charge in [-0.25, -0.2) is 18.7 Å². The molecule has 6 aromatic rings. The van der Waals surface area contributed by atoms with Gasteiger partial charge in [0, 0.05) is 43.5 Å². The average Bonchev–Trinajstić information content (AvgIpc) is 3.65. The lowest BCUT2D eigenvalue weighted by atomic mass is 10.1. The van der Waals surface area contributed by atoms with Gasteiger partial charge in [0.25, 0.3) is 29.2 Å². The van der Waals surface area contributed by atoms with Crippen LogP contribution in [0.4, 0.5) is 32.1 Å². The first-order valence-electron chi connectivity index (χ1n) is 19.1. The summed E-state index contributed by atoms with van der Waals surface area (Å²) in [5.41, 5.74) is 2.88. The number of aromatic nitrogens is 4. The van der Waals surface area contributed by atoms with Crippen LogP contribution in [-0.2, 0) is 0 Å². The molecule has 0 bridgehead atoms. The molecule has 0 spiro atoms. The molecular formula is C46H33ClF2N8O5. The van der Waals surface area contributed by atoms with Gasteiger partial charge in [-0.2, -0.15) is 4.98 Å². The zero-order valence-corrected chi connectivity index (χ0v) is 33.3. The van der Waals surface area contributed by atoms with E-state index in [-0.39, 0.29) is 58.6 Å². The van der Waals surface area contributed by atoms with E-state index in [9.17, 15) is 32.8 Å². The normalized spacial score (nSPS) is 12.4. The van der Waals surface area contributed by atoms with Gasteiger partial charge < -0.3 is 10.6 Å². The zero-order chi connectivity index (χ0) is 43.6. The Morgan fingerprint density at radius 3 is 1.53 bits per heavy atom. The molecule has 62 heavy (non-hydrogen) atoms. The minimum absolute atomic E-state index is 0.168. The summed E-state index contributed by atoms with van der Waals surface area (Å²) < 4.78 is 26.5. The van der Waals surface area contributed by atoms with E-state index in [4.69, 9.17) is 11.6 Å². The summed E-state index contributed by atoms with van der Waals surface area (Å²) in [5.74, 6) is 9.95. The summed E-state index contributed by atoms with van der Waals surface area (Å²) in [5, 5.41) is 5.85. The van der Waals surface area contributed by atoms with E-state index >= 15 is 0 Å². The molecule has 2 aliphatic heterocycles. The van der Waals surface area contributed by atoms with Crippen LogP contribution in [0.1, 0.15) is 78.2 Å². The van der Waals surface area contributed by atoms with Gasteiger partial charge in [-0.15, -0.1) is 0 Å². The second-order valence-electron chi connectivity index (χ2n) is 13.6. The Morgan fingerprint density at radius 1 is 0.597 bits per heavy atom. The van der Waals surface area contributed by atoms with E-state index in [1.165, 1.54) is 52.5 Å². The maximum Gasteiger partial charge on any atom is 0.268 e. The van der Waals surface area contributed by atoms with E-state index in [0.29, 0.717) is 71.4 Å². The van der Waals surface area contributed by atoms with Gasteiger partial charge in [-0.3, -0.25) is 38.8 Å². The second-order valence-corrected chi connectivity index (χ2v) is 13.9. The quantitative estimate of drug-likeness (QED) is 0.0542. The summed E-state index contributed by atoms with van der Waals surface area (Å²) in [4.78, 5) is 78.8. The maximum atomic E-state index is 13.3. The van der Waals surface area contributed by atoms with Crippen molar-refractivity contribution in [3.63, 3.8) is 0 Å². The van der Waals surface area contributed by atoms with Crippen LogP contribution in [0.15, 0.2) is 114 Å². The van der Waals surface area contributed by atoms with Gasteiger partial charge in [0.05, 0.1) is 34.0 Å². The smallest absolute Gasteiger partial charge is 0.268 e. The number of rotatable bonds is 10. The molecule has 8 rings (SSSR count). The molecule has 0 atom stereocenters. The molecule has 0 saturated carbocycles. The first kappa shape index (κ1) is 42.1. The number of fused-ring (bicyclic) bond motifs is 2. The van der Waals surface area contributed by atoms with Gasteiger partial charge in [-0.05, 0) is 73.5 Å². The van der Waals surface area contributed by atoms with Crippen molar-refractivity contribution in [2.45, 2.75) is 25.7 Å². The Bertz CT molecular complexity index is 2850. The van der Waals surface area contributed by atoms with Crippen LogP contribution in [0.2, 0.25) is 5.15 Å². The number of benzene rings is 4. The Kier molecular flexibility index (Phi) is 13.2. The number of carbonyl (C=O) groups excluding carboxylic acids is 4. The molecule has 0 saturated heterocycles. The second kappa shape index (κ2) is 19.4. The van der Waals surface area contributed by atoms with E-state index in [1.807, 2.05) is 0 Å². The third-order valence-electron chi connectivity index (χ3n) is 9.28. The number of amides is 4. The number of halogens is 3. The van der Waals surface area contributed by atoms with Crippen LogP contribution in [0.25, 0.3) is 0 Å². The summed E-state index contributed by atoms with van der Waals surface area (Å²) in [7, 11) is 0. The number of carbonyl (C=O) groups is 4. The standard InChI is InChI=1S/C23H16ClFN4O2.C23H17FN4O3/c24-20-15(14-26-23(28-20)27-17-9-6-8-16(25)13-17)7-2-1-5-12-29-21(30)18-10-3-4-11-19(18)22(29)31;24-16-8-6-9-17(13-16)26-23-25-14-15(20(29)27-23)7-2-1-5-12-28-21(30)18-10-3-4-11-19(18)22(28)31/h3-4,6,8-11,13-14H,1,5,12H2,(H,26,27,28);3-4,6,8-11,13-14H,1,5,12H2,(H2,25,26,27,29). The van der Waals surface area contributed by atoms with E-state index < -0.39 is 11.4 Å². The minimum atomic E-state index is -0.429. The Balaban J connectivity index is 0.000000186. The molecule has 0 radical (unpaired) electrons. The molecule has 2 aromatic heterocycles. The van der Waals surface area contributed by atoms with Crippen LogP contribution in [0, 0.1) is 35.3 Å². The van der Waals surface area contributed by atoms with Crippen molar-refractivity contribution in [1.29, 1.82) is 0 Å². The monoisotopic (exact) mass is 850 g/mol. The maximum absolute atomic E-state index is 13.3. The fourth-order valence-electron chi connectivity index (χ4n) is 6.30. The molecule has 4 amide bonds. The number of unbranched alkanes of at least 4 members (excludes halogenated alkanes) is 2. The Labute approximate surface area is 358 Å². The fourth-order valence-corrected chi connectivity index (χ4v) is 6.48. The van der Waals surface area contributed by atoms with Crippen LogP contribution in [-0.4, -0.2) is 66.5 Å². The van der Waals surface area contributed by atoms with Crippen molar-refractivity contribution in [2.75, 3.05) is 23.7 Å². The number of hydrogen-bond donors (Lipinski definition) is 3. The molecule has 2 aliphatic rings. The van der Waals surface area contributed by atoms with Crippen molar-refractivity contribution in [1.82, 2.24) is 29.7 Å². The van der Waals surface area contributed by atoms with Crippen LogP contribution in [0.5, 0.6) is 0 Å². The molecule has 0 unspecified atom stereocenters. The number of nitrogens with one attached hydrogen (secondary N) is 3. The topological polar surface area (TPSA) is 170 Å². The molecule has 308 valence electrons. The highest BCUT2D eigenvalue weighted by Crippen LogP contribution is 2.24. The molecule has 4 heterocycles. The number of hydrogen-bond acceptors (Lipinski definition) is 10. The van der Waals surface area contributed by atoms with Gasteiger partial charge in [-0.1, -0.05) is 71.7 Å². The molecular weight excluding hydrogens is 818 g/mol. The average molecular weight is 851 g/mol. The lowest BCUT2D eigenvalue weighted by Crippen LogP contribution is -2.30. The molecule has 0 aliphatic carbocycles. The summed E-state index contributed by atoms with van der Waals surface area (Å²) >= 11 is 6.17. The minimum Gasteiger partial charge on any atom is -0.326 e. The highest BCUT2D eigenvalue weighted by Gasteiger charge is 2.35. The van der Waals surface area contributed by atoms with E-state index in [0.717, 1.165) is 0 Å². The largest absolute Gasteiger partial charge is 0.326 e. The number of H-pyrrole nitrogens is 1. The Morgan fingerprint density at radius 2 is 1.06 bits per heavy atom. The van der Waals surface area contributed by atoms with Gasteiger partial charge in [0.1, 0.15) is 22.4 Å². The predicted octanol–water partition coefficient (Wildman–Crippen LogP) is 7.52. The molecule has 3 N–H and O–H groups in total. The molecule has 13 nitrogen and oxygen atoms in total. The number of anilines is 4. The SMILES string of the molecule is O=C1c2ccccc2C(=O)N1CCCC#Cc1cnc(Nc2cccc(F)c2)[nH]c1=O.O=C1c2ccccc2C(=O)N1CCCC#Cc1cnc(Nc2cccc(F)c2)nc1Cl. The summed E-state index contributed by atoms with van der Waals surface area (Å²) in [6.07, 6.45) is 4.70. The predicted molar refractivity (Wildman–Crippen MR) is 227 cm³/mol. The van der Waals surface area contributed by atoms with Crippen molar-refractivity contribution < 1.29 is 28.0 Å². The lowest BCUT2D eigenvalue weighted by molar-refractivity contribution is 0.0637.